The van der Waals surface area contributed by atoms with E-state index < -0.39 is 0 Å². The lowest BCUT2D eigenvalue weighted by atomic mass is 9.33. The quantitative estimate of drug-likeness (QED) is 0.163. The van der Waals surface area contributed by atoms with E-state index in [4.69, 9.17) is 4.42 Å². The summed E-state index contributed by atoms with van der Waals surface area (Å²) in [4.78, 5) is 7.35. The first-order valence-electron chi connectivity index (χ1n) is 20.6. The highest BCUT2D eigenvalue weighted by atomic mass is 16.3. The second-order valence-electron chi connectivity index (χ2n) is 17.2. The predicted octanol–water partition coefficient (Wildman–Crippen LogP) is 13.1. The second kappa shape index (κ2) is 13.3. The molecule has 0 unspecified atom stereocenters. The van der Waals surface area contributed by atoms with Crippen LogP contribution >= 0.6 is 0 Å². The van der Waals surface area contributed by atoms with Gasteiger partial charge in [0.1, 0.15) is 11.2 Å². The average Bonchev–Trinajstić information content (AvgIpc) is 3.62. The molecule has 4 nitrogen and oxygen atoms in total. The van der Waals surface area contributed by atoms with Gasteiger partial charge in [-0.25, -0.2) is 0 Å². The van der Waals surface area contributed by atoms with E-state index in [9.17, 15) is 0 Å². The molecule has 0 fully saturated rings. The molecule has 8 aromatic carbocycles. The molecular weight excluding hydrogens is 717 g/mol. The standard InChI is InChI=1S/C54H44BN3O/c1-35-18-23-39(24-19-35)57-47-30-20-36(2)32-46(47)55-45-29-27-42(34-50(45)58(49-16-11-15-48(57)53(49)55)40-25-21-37(22-26-40)54(3,4)5)56(38-12-7-6-8-13-38)41-28-31-52-44(33-41)43-14-9-10-17-51(43)59-52/h6-34H,1-5H3. The van der Waals surface area contributed by atoms with E-state index in [0.717, 1.165) is 50.4 Å². The van der Waals surface area contributed by atoms with Crippen LogP contribution in [0.25, 0.3) is 21.9 Å². The molecule has 0 atom stereocenters. The van der Waals surface area contributed by atoms with Crippen molar-refractivity contribution in [3.63, 3.8) is 0 Å². The van der Waals surface area contributed by atoms with Gasteiger partial charge in [-0.05, 0) is 132 Å². The fraction of sp³-hybridized carbons (Fsp3) is 0.111. The summed E-state index contributed by atoms with van der Waals surface area (Å²) in [6.07, 6.45) is 0. The Labute approximate surface area is 346 Å². The lowest BCUT2D eigenvalue weighted by Gasteiger charge is -2.44. The van der Waals surface area contributed by atoms with Crippen LogP contribution in [0.15, 0.2) is 180 Å². The van der Waals surface area contributed by atoms with Gasteiger partial charge in [-0.3, -0.25) is 0 Å². The molecule has 59 heavy (non-hydrogen) atoms. The summed E-state index contributed by atoms with van der Waals surface area (Å²) in [7, 11) is 0. The van der Waals surface area contributed by atoms with Crippen molar-refractivity contribution >= 4 is 96.2 Å². The van der Waals surface area contributed by atoms with Gasteiger partial charge in [0.05, 0.1) is 0 Å². The maximum absolute atomic E-state index is 6.29. The van der Waals surface area contributed by atoms with Crippen molar-refractivity contribution in [2.45, 2.75) is 40.0 Å². The first-order valence-corrected chi connectivity index (χ1v) is 20.6. The Morgan fingerprint density at radius 2 is 1.08 bits per heavy atom. The molecule has 0 saturated heterocycles. The molecule has 0 radical (unpaired) electrons. The third-order valence-corrected chi connectivity index (χ3v) is 12.3. The topological polar surface area (TPSA) is 22.9 Å². The van der Waals surface area contributed by atoms with E-state index >= 15 is 0 Å². The summed E-state index contributed by atoms with van der Waals surface area (Å²) < 4.78 is 6.29. The number of furan rings is 1. The number of hydrogen-bond donors (Lipinski definition) is 0. The molecule has 11 rings (SSSR count). The second-order valence-corrected chi connectivity index (χ2v) is 17.2. The van der Waals surface area contributed by atoms with E-state index in [1.165, 1.54) is 55.8 Å². The van der Waals surface area contributed by atoms with Crippen molar-refractivity contribution in [3.05, 3.63) is 193 Å². The Balaban J connectivity index is 1.17. The summed E-state index contributed by atoms with van der Waals surface area (Å²) >= 11 is 0. The van der Waals surface area contributed by atoms with E-state index in [1.54, 1.807) is 0 Å². The van der Waals surface area contributed by atoms with Gasteiger partial charge in [0.15, 0.2) is 0 Å². The highest BCUT2D eigenvalue weighted by molar-refractivity contribution is 7.00. The van der Waals surface area contributed by atoms with E-state index in [1.807, 2.05) is 12.1 Å². The van der Waals surface area contributed by atoms with Crippen LogP contribution in [0.4, 0.5) is 51.2 Å². The van der Waals surface area contributed by atoms with Gasteiger partial charge in [0, 0.05) is 62.0 Å². The fourth-order valence-electron chi connectivity index (χ4n) is 9.42. The van der Waals surface area contributed by atoms with Gasteiger partial charge in [0.25, 0.3) is 6.71 Å². The monoisotopic (exact) mass is 761 g/mol. The molecule has 0 aliphatic carbocycles. The molecule has 2 aliphatic rings. The Morgan fingerprint density at radius 3 is 1.83 bits per heavy atom. The van der Waals surface area contributed by atoms with Gasteiger partial charge in [-0.1, -0.05) is 117 Å². The van der Waals surface area contributed by atoms with Crippen LogP contribution in [-0.4, -0.2) is 6.71 Å². The smallest absolute Gasteiger partial charge is 0.252 e. The summed E-state index contributed by atoms with van der Waals surface area (Å²) in [6, 6.07) is 64.7. The molecule has 0 spiro atoms. The van der Waals surface area contributed by atoms with Gasteiger partial charge < -0.3 is 19.1 Å². The van der Waals surface area contributed by atoms with Crippen LogP contribution < -0.4 is 31.1 Å². The number of fused-ring (bicyclic) bond motifs is 7. The van der Waals surface area contributed by atoms with Crippen LogP contribution in [-0.2, 0) is 5.41 Å². The Hall–Kier alpha value is -6.98. The molecular formula is C54H44BN3O. The number of para-hydroxylation sites is 2. The third kappa shape index (κ3) is 5.67. The Bertz CT molecular complexity index is 3070. The van der Waals surface area contributed by atoms with Gasteiger partial charge in [-0.2, -0.15) is 0 Å². The SMILES string of the molecule is Cc1ccc(N2c3ccc(C)cc3B3c4ccc(N(c5ccccc5)c5ccc6oc7ccccc7c6c5)cc4N(c4ccc(C(C)(C)C)cc4)c4cccc2c43)cc1. The largest absolute Gasteiger partial charge is 0.456 e. The molecule has 3 heterocycles. The number of rotatable bonds is 5. The number of benzene rings is 8. The molecule has 9 aromatic rings. The molecule has 2 aliphatic heterocycles. The zero-order valence-corrected chi connectivity index (χ0v) is 34.1. The molecule has 0 N–H and O–H groups in total. The molecule has 284 valence electrons. The number of hydrogen-bond acceptors (Lipinski definition) is 4. The molecule has 0 saturated carbocycles. The van der Waals surface area contributed by atoms with Crippen LogP contribution in [0.2, 0.25) is 0 Å². The van der Waals surface area contributed by atoms with Gasteiger partial charge in [-0.15, -0.1) is 0 Å². The van der Waals surface area contributed by atoms with E-state index in [2.05, 4.69) is 213 Å². The van der Waals surface area contributed by atoms with Crippen LogP contribution in [0.5, 0.6) is 0 Å². The van der Waals surface area contributed by atoms with Crippen molar-refractivity contribution < 1.29 is 4.42 Å². The summed E-state index contributed by atoms with van der Waals surface area (Å²) in [5, 5.41) is 2.22. The number of aryl methyl sites for hydroxylation is 2. The summed E-state index contributed by atoms with van der Waals surface area (Å²) in [6.45, 7) is 11.2. The fourth-order valence-corrected chi connectivity index (χ4v) is 9.42. The lowest BCUT2D eigenvalue weighted by molar-refractivity contribution is 0.590. The predicted molar refractivity (Wildman–Crippen MR) is 251 cm³/mol. The van der Waals surface area contributed by atoms with Crippen LogP contribution in [0.1, 0.15) is 37.5 Å². The zero-order chi connectivity index (χ0) is 40.0. The third-order valence-electron chi connectivity index (χ3n) is 12.3. The van der Waals surface area contributed by atoms with Crippen LogP contribution in [0.3, 0.4) is 0 Å². The maximum atomic E-state index is 6.29. The van der Waals surface area contributed by atoms with E-state index in [0.29, 0.717) is 0 Å². The van der Waals surface area contributed by atoms with Crippen molar-refractivity contribution in [3.8, 4) is 0 Å². The summed E-state index contributed by atoms with van der Waals surface area (Å²) in [5.74, 6) is 0. The normalized spacial score (nSPS) is 13.1. The average molecular weight is 762 g/mol. The first kappa shape index (κ1) is 35.2. The molecule has 1 aromatic heterocycles. The Morgan fingerprint density at radius 1 is 0.458 bits per heavy atom. The minimum Gasteiger partial charge on any atom is -0.456 e. The number of anilines is 9. The Kier molecular flexibility index (Phi) is 7.93. The van der Waals surface area contributed by atoms with Crippen molar-refractivity contribution in [1.82, 2.24) is 0 Å². The van der Waals surface area contributed by atoms with Crippen molar-refractivity contribution in [2.24, 2.45) is 0 Å². The van der Waals surface area contributed by atoms with Gasteiger partial charge in [0.2, 0.25) is 0 Å². The molecule has 5 heteroatoms. The van der Waals surface area contributed by atoms with Crippen molar-refractivity contribution in [1.29, 1.82) is 0 Å². The number of nitrogens with zero attached hydrogens (tertiary/aromatic N) is 3. The van der Waals surface area contributed by atoms with E-state index in [-0.39, 0.29) is 12.1 Å². The zero-order valence-electron chi connectivity index (χ0n) is 34.1. The highest BCUT2D eigenvalue weighted by Gasteiger charge is 2.43. The first-order chi connectivity index (χ1) is 28.7. The minimum absolute atomic E-state index is 0.0331. The van der Waals surface area contributed by atoms with Gasteiger partial charge >= 0.3 is 0 Å². The highest BCUT2D eigenvalue weighted by Crippen LogP contribution is 2.46. The summed E-state index contributed by atoms with van der Waals surface area (Å²) in [5.41, 5.74) is 19.9. The minimum atomic E-state index is 0.0331. The molecule has 0 amide bonds. The maximum Gasteiger partial charge on any atom is 0.252 e. The lowest BCUT2D eigenvalue weighted by Crippen LogP contribution is -2.61. The molecule has 0 bridgehead atoms. The van der Waals surface area contributed by atoms with Crippen molar-refractivity contribution in [2.75, 3.05) is 14.7 Å². The van der Waals surface area contributed by atoms with Crippen LogP contribution in [0, 0.1) is 13.8 Å².